The number of hydrogen-bond donors (Lipinski definition) is 0. The van der Waals surface area contributed by atoms with Crippen LogP contribution in [0.1, 0.15) is 69.4 Å². The number of aryl methyl sites for hydroxylation is 3. The summed E-state index contributed by atoms with van der Waals surface area (Å²) in [6, 6.07) is 50.5. The maximum absolute atomic E-state index is 6.78. The third kappa shape index (κ3) is 7.58. The molecular formula is C53H49N4OPt-3. The van der Waals surface area contributed by atoms with Gasteiger partial charge >= 0.3 is 0 Å². The van der Waals surface area contributed by atoms with Crippen molar-refractivity contribution in [2.75, 3.05) is 9.80 Å². The number of ether oxygens (including phenoxy) is 1. The van der Waals surface area contributed by atoms with E-state index in [1.54, 1.807) is 0 Å². The third-order valence-electron chi connectivity index (χ3n) is 11.2. The molecule has 6 aromatic carbocycles. The molecule has 0 spiro atoms. The Hall–Kier alpha value is -5.64. The van der Waals surface area contributed by atoms with Gasteiger partial charge in [-0.25, -0.2) is 4.98 Å². The van der Waals surface area contributed by atoms with E-state index in [1.165, 1.54) is 16.7 Å². The Morgan fingerprint density at radius 3 is 1.95 bits per heavy atom. The molecule has 59 heavy (non-hydrogen) atoms. The van der Waals surface area contributed by atoms with E-state index in [2.05, 4.69) is 211 Å². The molecule has 0 radical (unpaired) electrons. The van der Waals surface area contributed by atoms with Gasteiger partial charge in [0.1, 0.15) is 5.82 Å². The minimum absolute atomic E-state index is 0. The first kappa shape index (κ1) is 40.2. The van der Waals surface area contributed by atoms with Crippen LogP contribution in [0.3, 0.4) is 0 Å². The van der Waals surface area contributed by atoms with Crippen LogP contribution < -0.4 is 14.5 Å². The number of fused-ring (bicyclic) bond motifs is 4. The molecule has 300 valence electrons. The number of anilines is 4. The van der Waals surface area contributed by atoms with Crippen LogP contribution in [0.15, 0.2) is 128 Å². The number of nitrogens with zero attached hydrogens (tertiary/aromatic N) is 4. The Morgan fingerprint density at radius 2 is 1.27 bits per heavy atom. The predicted molar refractivity (Wildman–Crippen MR) is 241 cm³/mol. The van der Waals surface area contributed by atoms with Crippen molar-refractivity contribution in [3.8, 4) is 28.4 Å². The quantitative estimate of drug-likeness (QED) is 0.156. The van der Waals surface area contributed by atoms with Crippen molar-refractivity contribution in [3.63, 3.8) is 0 Å². The molecule has 5 nitrogen and oxygen atoms in total. The molecule has 6 heteroatoms. The molecule has 1 aliphatic rings. The molecule has 0 unspecified atom stereocenters. The summed E-state index contributed by atoms with van der Waals surface area (Å²) in [6.07, 6.45) is 2.00. The third-order valence-corrected chi connectivity index (χ3v) is 11.2. The van der Waals surface area contributed by atoms with Gasteiger partial charge in [0, 0.05) is 66.9 Å². The summed E-state index contributed by atoms with van der Waals surface area (Å²) < 4.78 is 8.98. The molecule has 0 amide bonds. The average Bonchev–Trinajstić information content (AvgIpc) is 3.73. The zero-order valence-electron chi connectivity index (χ0n) is 35.2. The molecule has 1 aliphatic heterocycles. The second-order valence-electron chi connectivity index (χ2n) is 17.8. The van der Waals surface area contributed by atoms with E-state index in [1.807, 2.05) is 12.3 Å². The van der Waals surface area contributed by atoms with Gasteiger partial charge < -0.3 is 19.1 Å². The summed E-state index contributed by atoms with van der Waals surface area (Å²) in [6.45, 7) is 22.1. The number of hydrogen-bond acceptors (Lipinski definition) is 4. The first-order valence-electron chi connectivity index (χ1n) is 20.1. The van der Waals surface area contributed by atoms with E-state index < -0.39 is 0 Å². The van der Waals surface area contributed by atoms with E-state index in [-0.39, 0.29) is 31.9 Å². The van der Waals surface area contributed by atoms with Crippen molar-refractivity contribution in [2.45, 2.75) is 73.1 Å². The van der Waals surface area contributed by atoms with Crippen LogP contribution in [0.2, 0.25) is 0 Å². The van der Waals surface area contributed by atoms with Crippen LogP contribution in [0, 0.1) is 39.6 Å². The minimum atomic E-state index is -0.140. The molecule has 0 aliphatic carbocycles. The monoisotopic (exact) mass is 952 g/mol. The van der Waals surface area contributed by atoms with Crippen LogP contribution in [-0.4, -0.2) is 9.55 Å². The molecular weight excluding hydrogens is 904 g/mol. The standard InChI is InChI=1S/C53H49N4O.Pt/c1-34-24-35(2)26-40(25-34)55-33-56(49-17-13-12-16-48(49)55)41-28-39(53(7,8)9)29-43(30-41)58-42-22-23-45-44-14-10-11-15-47(44)57(50(45)31-42)51-27-36(3)46(32-54-51)37-18-20-38(21-19-37)52(4,5)6;/h10-29,32-33H,1-9H3;/q-3;. The Bertz CT molecular complexity index is 2840. The maximum Gasteiger partial charge on any atom is 0.135 e. The van der Waals surface area contributed by atoms with Crippen molar-refractivity contribution >= 4 is 44.6 Å². The van der Waals surface area contributed by atoms with Gasteiger partial charge in [0.25, 0.3) is 0 Å². The molecule has 0 saturated carbocycles. The largest absolute Gasteiger partial charge is 0.509 e. The fourth-order valence-corrected chi connectivity index (χ4v) is 8.15. The Kier molecular flexibility index (Phi) is 10.3. The second-order valence-corrected chi connectivity index (χ2v) is 17.8. The topological polar surface area (TPSA) is 33.5 Å². The van der Waals surface area contributed by atoms with E-state index >= 15 is 0 Å². The number of rotatable bonds is 6. The van der Waals surface area contributed by atoms with Gasteiger partial charge in [-0.3, -0.25) is 0 Å². The summed E-state index contributed by atoms with van der Waals surface area (Å²) in [4.78, 5) is 9.56. The molecule has 0 N–H and O–H groups in total. The maximum atomic E-state index is 6.78. The molecule has 8 aromatic rings. The zero-order chi connectivity index (χ0) is 40.5. The molecule has 0 atom stereocenters. The van der Waals surface area contributed by atoms with E-state index in [0.29, 0.717) is 11.5 Å². The number of aromatic nitrogens is 2. The number of benzene rings is 6. The molecule has 0 fully saturated rings. The van der Waals surface area contributed by atoms with Gasteiger partial charge in [-0.05, 0) is 101 Å². The summed E-state index contributed by atoms with van der Waals surface area (Å²) in [5.74, 6) is 2.08. The summed E-state index contributed by atoms with van der Waals surface area (Å²) in [5.41, 5.74) is 14.5. The van der Waals surface area contributed by atoms with E-state index in [4.69, 9.17) is 9.72 Å². The molecule has 2 aromatic heterocycles. The van der Waals surface area contributed by atoms with Gasteiger partial charge in [0.05, 0.1) is 0 Å². The van der Waals surface area contributed by atoms with Crippen LogP contribution in [0.25, 0.3) is 38.8 Å². The first-order valence-corrected chi connectivity index (χ1v) is 20.1. The Balaban J connectivity index is 0.00000484. The normalized spacial score (nSPS) is 12.9. The van der Waals surface area contributed by atoms with Crippen LogP contribution in [0.5, 0.6) is 11.5 Å². The van der Waals surface area contributed by atoms with Crippen molar-refractivity contribution < 1.29 is 25.8 Å². The number of para-hydroxylation sites is 3. The van der Waals surface area contributed by atoms with Gasteiger partial charge in [0.2, 0.25) is 0 Å². The van der Waals surface area contributed by atoms with E-state index in [9.17, 15) is 0 Å². The summed E-state index contributed by atoms with van der Waals surface area (Å²) in [7, 11) is 0. The molecule has 0 saturated heterocycles. The second kappa shape index (κ2) is 15.2. The van der Waals surface area contributed by atoms with Gasteiger partial charge in [-0.1, -0.05) is 108 Å². The Labute approximate surface area is 363 Å². The average molecular weight is 953 g/mol. The van der Waals surface area contributed by atoms with Gasteiger partial charge in [-0.2, -0.15) is 6.07 Å². The van der Waals surface area contributed by atoms with Crippen LogP contribution >= 0.6 is 0 Å². The fraction of sp³-hybridized carbons (Fsp3) is 0.208. The van der Waals surface area contributed by atoms with Crippen molar-refractivity contribution in [3.05, 3.63) is 174 Å². The van der Waals surface area contributed by atoms with Crippen molar-refractivity contribution in [1.82, 2.24) is 9.55 Å². The van der Waals surface area contributed by atoms with Gasteiger partial charge in [0.15, 0.2) is 0 Å². The number of pyridine rings is 1. The molecule has 3 heterocycles. The zero-order valence-corrected chi connectivity index (χ0v) is 37.5. The van der Waals surface area contributed by atoms with Crippen molar-refractivity contribution in [1.29, 1.82) is 0 Å². The van der Waals surface area contributed by atoms with Crippen molar-refractivity contribution in [2.24, 2.45) is 0 Å². The van der Waals surface area contributed by atoms with E-state index in [0.717, 1.165) is 72.6 Å². The smallest absolute Gasteiger partial charge is 0.135 e. The van der Waals surface area contributed by atoms with Crippen LogP contribution in [-0.2, 0) is 31.9 Å². The van der Waals surface area contributed by atoms with Gasteiger partial charge in [-0.15, -0.1) is 53.6 Å². The van der Waals surface area contributed by atoms with Crippen LogP contribution in [0.4, 0.5) is 22.7 Å². The molecule has 9 rings (SSSR count). The fourth-order valence-electron chi connectivity index (χ4n) is 8.15. The predicted octanol–water partition coefficient (Wildman–Crippen LogP) is 14.2. The minimum Gasteiger partial charge on any atom is -0.509 e. The summed E-state index contributed by atoms with van der Waals surface area (Å²) >= 11 is 0. The Morgan fingerprint density at radius 1 is 0.610 bits per heavy atom. The SMILES string of the molecule is Cc1cc(C)cc(N2[CH-]N(c3[c-]c(Oc4[c-]c5c(cc4)c4ccccc4n5-c4cc(C)c(-c5ccc(C(C)(C)C)cc5)cn4)cc(C(C)(C)C)c3)c3ccccc32)c1.[Pt]. The summed E-state index contributed by atoms with van der Waals surface area (Å²) in [5, 5.41) is 2.23. The first-order chi connectivity index (χ1) is 27.7. The molecule has 0 bridgehead atoms.